The largest absolute Gasteiger partial charge is 0.332 e. The van der Waals surface area contributed by atoms with Crippen molar-refractivity contribution in [3.8, 4) is 0 Å². The first-order valence-corrected chi connectivity index (χ1v) is 6.90. The van der Waals surface area contributed by atoms with E-state index in [2.05, 4.69) is 10.6 Å². The van der Waals surface area contributed by atoms with E-state index in [-0.39, 0.29) is 10.8 Å². The van der Waals surface area contributed by atoms with Crippen LogP contribution in [0.15, 0.2) is 42.5 Å². The molecule has 0 bridgehead atoms. The van der Waals surface area contributed by atoms with Crippen LogP contribution in [-0.4, -0.2) is 10.0 Å². The quantitative estimate of drug-likeness (QED) is 0.480. The van der Waals surface area contributed by atoms with Gasteiger partial charge >= 0.3 is 0 Å². The minimum atomic E-state index is -0.477. The molecule has 0 radical (unpaired) electrons. The van der Waals surface area contributed by atoms with E-state index in [1.807, 2.05) is 0 Å². The van der Waals surface area contributed by atoms with Gasteiger partial charge in [-0.2, -0.15) is 0 Å². The predicted molar refractivity (Wildman–Crippen MR) is 89.4 cm³/mol. The molecule has 21 heavy (non-hydrogen) atoms. The average Bonchev–Trinajstić information content (AvgIpc) is 2.44. The normalized spacial score (nSPS) is 10.0. The molecule has 2 rings (SSSR count). The van der Waals surface area contributed by atoms with Gasteiger partial charge in [0.25, 0.3) is 5.69 Å². The topological polar surface area (TPSA) is 67.2 Å². The van der Waals surface area contributed by atoms with E-state index in [1.165, 1.54) is 12.1 Å². The highest BCUT2D eigenvalue weighted by molar-refractivity contribution is 7.80. The van der Waals surface area contributed by atoms with Gasteiger partial charge in [0.05, 0.1) is 20.7 Å². The SMILES string of the molecule is O=[N+]([O-])c1cccc(NC(=S)Nc2cccc(Cl)c2Cl)c1. The number of hydrogen-bond acceptors (Lipinski definition) is 3. The number of nitrogens with one attached hydrogen (secondary N) is 2. The van der Waals surface area contributed by atoms with E-state index in [0.717, 1.165) is 0 Å². The second-order valence-corrected chi connectivity index (χ2v) is 5.18. The number of nitro benzene ring substituents is 1. The lowest BCUT2D eigenvalue weighted by Gasteiger charge is -2.12. The number of benzene rings is 2. The van der Waals surface area contributed by atoms with Gasteiger partial charge in [-0.15, -0.1) is 0 Å². The van der Waals surface area contributed by atoms with Crippen LogP contribution in [0.3, 0.4) is 0 Å². The van der Waals surface area contributed by atoms with Crippen LogP contribution in [0, 0.1) is 10.1 Å². The predicted octanol–water partition coefficient (Wildman–Crippen LogP) is 4.71. The van der Waals surface area contributed by atoms with Crippen LogP contribution in [0.25, 0.3) is 0 Å². The second kappa shape index (κ2) is 6.71. The molecular formula is C13H9Cl2N3O2S. The summed E-state index contributed by atoms with van der Waals surface area (Å²) >= 11 is 17.1. The van der Waals surface area contributed by atoms with E-state index < -0.39 is 4.92 Å². The van der Waals surface area contributed by atoms with Crippen molar-refractivity contribution in [1.29, 1.82) is 0 Å². The molecular weight excluding hydrogens is 333 g/mol. The van der Waals surface area contributed by atoms with Crippen molar-refractivity contribution in [2.75, 3.05) is 10.6 Å². The number of hydrogen-bond donors (Lipinski definition) is 2. The molecule has 0 heterocycles. The molecule has 0 fully saturated rings. The molecule has 0 amide bonds. The Balaban J connectivity index is 2.10. The van der Waals surface area contributed by atoms with E-state index >= 15 is 0 Å². The van der Waals surface area contributed by atoms with Crippen molar-refractivity contribution in [3.63, 3.8) is 0 Å². The molecule has 108 valence electrons. The van der Waals surface area contributed by atoms with Crippen molar-refractivity contribution in [2.24, 2.45) is 0 Å². The molecule has 0 unspecified atom stereocenters. The summed E-state index contributed by atoms with van der Waals surface area (Å²) < 4.78 is 0. The zero-order chi connectivity index (χ0) is 15.4. The van der Waals surface area contributed by atoms with Gasteiger partial charge in [0.1, 0.15) is 0 Å². The number of halogens is 2. The molecule has 0 aliphatic rings. The first-order valence-electron chi connectivity index (χ1n) is 5.74. The summed E-state index contributed by atoms with van der Waals surface area (Å²) in [6.07, 6.45) is 0. The van der Waals surface area contributed by atoms with E-state index in [0.29, 0.717) is 21.4 Å². The Bertz CT molecular complexity index is 710. The second-order valence-electron chi connectivity index (χ2n) is 3.99. The Morgan fingerprint density at radius 1 is 1.14 bits per heavy atom. The summed E-state index contributed by atoms with van der Waals surface area (Å²) in [6, 6.07) is 11.1. The van der Waals surface area contributed by atoms with Gasteiger partial charge < -0.3 is 10.6 Å². The van der Waals surface area contributed by atoms with Crippen LogP contribution in [0.1, 0.15) is 0 Å². The third-order valence-corrected chi connectivity index (χ3v) is 3.54. The lowest BCUT2D eigenvalue weighted by molar-refractivity contribution is -0.384. The minimum absolute atomic E-state index is 0.0245. The average molecular weight is 342 g/mol. The van der Waals surface area contributed by atoms with Gasteiger partial charge in [0, 0.05) is 17.8 Å². The molecule has 2 N–H and O–H groups in total. The van der Waals surface area contributed by atoms with Gasteiger partial charge in [-0.3, -0.25) is 10.1 Å². The molecule has 0 spiro atoms. The fourth-order valence-corrected chi connectivity index (χ4v) is 2.16. The Morgan fingerprint density at radius 3 is 2.57 bits per heavy atom. The van der Waals surface area contributed by atoms with Gasteiger partial charge in [-0.25, -0.2) is 0 Å². The lowest BCUT2D eigenvalue weighted by Crippen LogP contribution is -2.19. The third kappa shape index (κ3) is 4.04. The smallest absolute Gasteiger partial charge is 0.271 e. The van der Waals surface area contributed by atoms with Crippen molar-refractivity contribution in [2.45, 2.75) is 0 Å². The fraction of sp³-hybridized carbons (Fsp3) is 0. The molecule has 0 aliphatic heterocycles. The van der Waals surface area contributed by atoms with Crippen LogP contribution in [0.4, 0.5) is 17.1 Å². The number of nitrogens with zero attached hydrogens (tertiary/aromatic N) is 1. The Morgan fingerprint density at radius 2 is 1.86 bits per heavy atom. The number of rotatable bonds is 3. The summed E-state index contributed by atoms with van der Waals surface area (Å²) in [5.74, 6) is 0. The summed E-state index contributed by atoms with van der Waals surface area (Å²) in [5, 5.41) is 17.4. The highest BCUT2D eigenvalue weighted by Crippen LogP contribution is 2.29. The Kier molecular flexibility index (Phi) is 4.95. The standard InChI is InChI=1S/C13H9Cl2N3O2S/c14-10-5-2-6-11(12(10)15)17-13(21)16-8-3-1-4-9(7-8)18(19)20/h1-7H,(H2,16,17,21). The molecule has 5 nitrogen and oxygen atoms in total. The van der Waals surface area contributed by atoms with Crippen molar-refractivity contribution < 1.29 is 4.92 Å². The molecule has 0 atom stereocenters. The summed E-state index contributed by atoms with van der Waals surface area (Å²) in [5.41, 5.74) is 1.02. The minimum Gasteiger partial charge on any atom is -0.332 e. The zero-order valence-electron chi connectivity index (χ0n) is 10.5. The van der Waals surface area contributed by atoms with E-state index in [4.69, 9.17) is 35.4 Å². The lowest BCUT2D eigenvalue weighted by atomic mass is 10.3. The zero-order valence-corrected chi connectivity index (χ0v) is 12.8. The third-order valence-electron chi connectivity index (χ3n) is 2.51. The first-order chi connectivity index (χ1) is 9.97. The van der Waals surface area contributed by atoms with Crippen LogP contribution in [0.2, 0.25) is 10.0 Å². The van der Waals surface area contributed by atoms with E-state index in [1.54, 1.807) is 30.3 Å². The maximum absolute atomic E-state index is 10.7. The summed E-state index contributed by atoms with van der Waals surface area (Å²) in [4.78, 5) is 10.2. The molecule has 0 saturated heterocycles. The Hall–Kier alpha value is -1.89. The maximum atomic E-state index is 10.7. The van der Waals surface area contributed by atoms with Gasteiger partial charge in [0.15, 0.2) is 5.11 Å². The first kappa shape index (κ1) is 15.5. The van der Waals surface area contributed by atoms with Crippen LogP contribution < -0.4 is 10.6 Å². The maximum Gasteiger partial charge on any atom is 0.271 e. The molecule has 0 aromatic heterocycles. The molecule has 0 saturated carbocycles. The fourth-order valence-electron chi connectivity index (χ4n) is 1.58. The van der Waals surface area contributed by atoms with Crippen LogP contribution >= 0.6 is 35.4 Å². The summed E-state index contributed by atoms with van der Waals surface area (Å²) in [7, 11) is 0. The van der Waals surface area contributed by atoms with E-state index in [9.17, 15) is 10.1 Å². The number of thiocarbonyl (C=S) groups is 1. The van der Waals surface area contributed by atoms with Gasteiger partial charge in [0.2, 0.25) is 0 Å². The Labute approximate surface area is 136 Å². The highest BCUT2D eigenvalue weighted by Gasteiger charge is 2.08. The number of nitro groups is 1. The van der Waals surface area contributed by atoms with Crippen LogP contribution in [-0.2, 0) is 0 Å². The van der Waals surface area contributed by atoms with Gasteiger partial charge in [-0.05, 0) is 30.4 Å². The van der Waals surface area contributed by atoms with Crippen LogP contribution in [0.5, 0.6) is 0 Å². The molecule has 2 aromatic rings. The van der Waals surface area contributed by atoms with Crippen molar-refractivity contribution in [3.05, 3.63) is 62.6 Å². The molecule has 2 aromatic carbocycles. The van der Waals surface area contributed by atoms with Crippen molar-refractivity contribution >= 4 is 57.6 Å². The number of anilines is 2. The molecule has 0 aliphatic carbocycles. The highest BCUT2D eigenvalue weighted by atomic mass is 35.5. The monoisotopic (exact) mass is 341 g/mol. The van der Waals surface area contributed by atoms with Gasteiger partial charge in [-0.1, -0.05) is 35.3 Å². The molecule has 8 heteroatoms. The number of non-ortho nitro benzene ring substituents is 1. The van der Waals surface area contributed by atoms with Crippen molar-refractivity contribution in [1.82, 2.24) is 0 Å². The summed E-state index contributed by atoms with van der Waals surface area (Å²) in [6.45, 7) is 0.